The average molecular weight is 348 g/mol. The van der Waals surface area contributed by atoms with Crippen LogP contribution in [0, 0.1) is 0 Å². The number of hydrogen-bond donors (Lipinski definition) is 0. The summed E-state index contributed by atoms with van der Waals surface area (Å²) in [7, 11) is 0. The molecular weight excluding hydrogens is 337 g/mol. The van der Waals surface area contributed by atoms with Gasteiger partial charge in [-0.3, -0.25) is 4.79 Å². The number of aryl methyl sites for hydroxylation is 1. The first-order valence-corrected chi connectivity index (χ1v) is 7.55. The summed E-state index contributed by atoms with van der Waals surface area (Å²) in [6.45, 7) is 0. The molecule has 0 atom stereocenters. The van der Waals surface area contributed by atoms with Crippen molar-refractivity contribution in [3.8, 4) is 11.6 Å². The Bertz CT molecular complexity index is 981. The van der Waals surface area contributed by atoms with Crippen LogP contribution in [0.2, 0.25) is 0 Å². The first kappa shape index (κ1) is 15.6. The average Bonchev–Trinajstić information content (AvgIpc) is 2.98. The van der Waals surface area contributed by atoms with Crippen LogP contribution in [0.4, 0.5) is 13.2 Å². The zero-order valence-electron chi connectivity index (χ0n) is 12.7. The van der Waals surface area contributed by atoms with Gasteiger partial charge >= 0.3 is 6.18 Å². The lowest BCUT2D eigenvalue weighted by atomic mass is 9.91. The van der Waals surface area contributed by atoms with Crippen molar-refractivity contribution in [1.29, 1.82) is 0 Å². The van der Waals surface area contributed by atoms with Crippen LogP contribution < -0.4 is 4.74 Å². The fourth-order valence-electron chi connectivity index (χ4n) is 2.81. The number of Topliss-reactive ketones (excluding diaryl/α,β-unsaturated/α-hetero) is 1. The number of alkyl halides is 3. The highest BCUT2D eigenvalue weighted by molar-refractivity contribution is 5.98. The number of ketones is 1. The predicted octanol–water partition coefficient (Wildman–Crippen LogP) is 3.45. The maximum atomic E-state index is 12.9. The van der Waals surface area contributed by atoms with Gasteiger partial charge in [-0.1, -0.05) is 0 Å². The van der Waals surface area contributed by atoms with Gasteiger partial charge in [-0.15, -0.1) is 15.3 Å². The van der Waals surface area contributed by atoms with Gasteiger partial charge in [-0.25, -0.2) is 0 Å². The highest BCUT2D eigenvalue weighted by Gasteiger charge is 2.37. The summed E-state index contributed by atoms with van der Waals surface area (Å²) in [6, 6.07) is 7.74. The Hall–Kier alpha value is -2.97. The summed E-state index contributed by atoms with van der Waals surface area (Å²) in [5.74, 6) is -0.752. The van der Waals surface area contributed by atoms with Gasteiger partial charge in [0.1, 0.15) is 5.75 Å². The first-order chi connectivity index (χ1) is 11.9. The zero-order chi connectivity index (χ0) is 17.6. The molecule has 0 bridgehead atoms. The van der Waals surface area contributed by atoms with Gasteiger partial charge in [0, 0.05) is 18.1 Å². The largest absolute Gasteiger partial charge is 0.453 e. The SMILES string of the molecule is O=C1CCCc2cc(Oc3ccc4nnc(C(F)(F)F)n4n3)ccc21. The second-order valence-corrected chi connectivity index (χ2v) is 5.66. The third kappa shape index (κ3) is 2.81. The van der Waals surface area contributed by atoms with Gasteiger partial charge in [0.05, 0.1) is 0 Å². The van der Waals surface area contributed by atoms with Crippen LogP contribution in [0.1, 0.15) is 34.6 Å². The van der Waals surface area contributed by atoms with Crippen molar-refractivity contribution >= 4 is 11.4 Å². The van der Waals surface area contributed by atoms with Crippen molar-refractivity contribution in [3.05, 3.63) is 47.3 Å². The van der Waals surface area contributed by atoms with E-state index in [-0.39, 0.29) is 17.3 Å². The van der Waals surface area contributed by atoms with Crippen molar-refractivity contribution in [2.24, 2.45) is 0 Å². The molecule has 2 aromatic heterocycles. The summed E-state index contributed by atoms with van der Waals surface area (Å²) >= 11 is 0. The molecule has 0 radical (unpaired) electrons. The Balaban J connectivity index is 1.68. The van der Waals surface area contributed by atoms with Gasteiger partial charge in [0.25, 0.3) is 5.82 Å². The molecule has 25 heavy (non-hydrogen) atoms. The summed E-state index contributed by atoms with van der Waals surface area (Å²) in [6.07, 6.45) is -2.61. The van der Waals surface area contributed by atoms with E-state index >= 15 is 0 Å². The first-order valence-electron chi connectivity index (χ1n) is 7.55. The van der Waals surface area contributed by atoms with Crippen molar-refractivity contribution in [3.63, 3.8) is 0 Å². The predicted molar refractivity (Wildman–Crippen MR) is 79.6 cm³/mol. The minimum Gasteiger partial charge on any atom is -0.438 e. The second-order valence-electron chi connectivity index (χ2n) is 5.66. The number of nitrogens with zero attached hydrogens (tertiary/aromatic N) is 4. The normalized spacial score (nSPS) is 14.6. The van der Waals surface area contributed by atoms with Gasteiger partial charge in [-0.2, -0.15) is 17.7 Å². The maximum Gasteiger partial charge on any atom is 0.453 e. The Labute approximate surface area is 139 Å². The van der Waals surface area contributed by atoms with E-state index in [0.29, 0.717) is 22.2 Å². The minimum absolute atomic E-state index is 0.0279. The Kier molecular flexibility index (Phi) is 3.45. The third-order valence-electron chi connectivity index (χ3n) is 3.94. The van der Waals surface area contributed by atoms with Crippen molar-refractivity contribution in [1.82, 2.24) is 19.8 Å². The van der Waals surface area contributed by atoms with E-state index in [4.69, 9.17) is 4.74 Å². The highest BCUT2D eigenvalue weighted by Crippen LogP contribution is 2.30. The molecule has 6 nitrogen and oxygen atoms in total. The quantitative estimate of drug-likeness (QED) is 0.709. The van der Waals surface area contributed by atoms with E-state index in [1.54, 1.807) is 18.2 Å². The van der Waals surface area contributed by atoms with Crippen LogP contribution in [0.15, 0.2) is 30.3 Å². The molecule has 0 saturated heterocycles. The number of rotatable bonds is 2. The topological polar surface area (TPSA) is 69.4 Å². The molecule has 0 amide bonds. The molecule has 4 rings (SSSR count). The van der Waals surface area contributed by atoms with Crippen LogP contribution in [0.5, 0.6) is 11.6 Å². The van der Waals surface area contributed by atoms with E-state index < -0.39 is 12.0 Å². The fourth-order valence-corrected chi connectivity index (χ4v) is 2.81. The number of benzene rings is 1. The molecule has 0 spiro atoms. The molecule has 3 aromatic rings. The van der Waals surface area contributed by atoms with Gasteiger partial charge in [0.2, 0.25) is 5.88 Å². The van der Waals surface area contributed by atoms with E-state index in [0.717, 1.165) is 18.4 Å². The molecule has 0 unspecified atom stereocenters. The van der Waals surface area contributed by atoms with Gasteiger partial charge in [0.15, 0.2) is 11.4 Å². The maximum absolute atomic E-state index is 12.9. The number of carbonyl (C=O) groups excluding carboxylic acids is 1. The molecule has 1 aliphatic rings. The molecule has 0 saturated carbocycles. The lowest BCUT2D eigenvalue weighted by molar-refractivity contribution is -0.146. The van der Waals surface area contributed by atoms with Crippen molar-refractivity contribution < 1.29 is 22.7 Å². The van der Waals surface area contributed by atoms with Gasteiger partial charge < -0.3 is 4.74 Å². The fraction of sp³-hybridized carbons (Fsp3) is 0.250. The summed E-state index contributed by atoms with van der Waals surface area (Å²) in [5, 5.41) is 10.4. The standard InChI is InChI=1S/C16H11F3N4O2/c17-16(18,19)15-21-20-13-6-7-14(22-23(13)15)25-10-4-5-11-9(8-10)2-1-3-12(11)24/h4-8H,1-3H2. The van der Waals surface area contributed by atoms with Gasteiger partial charge in [-0.05, 0) is 42.7 Å². The number of halogens is 3. The molecule has 0 fully saturated rings. The van der Waals surface area contributed by atoms with E-state index in [2.05, 4.69) is 15.3 Å². The minimum atomic E-state index is -4.67. The summed E-state index contributed by atoms with van der Waals surface area (Å²) < 4.78 is 44.8. The van der Waals surface area contributed by atoms with Crippen molar-refractivity contribution in [2.75, 3.05) is 0 Å². The van der Waals surface area contributed by atoms with Crippen LogP contribution in [0.25, 0.3) is 5.65 Å². The van der Waals surface area contributed by atoms with E-state index in [9.17, 15) is 18.0 Å². The van der Waals surface area contributed by atoms with Crippen LogP contribution in [-0.2, 0) is 12.6 Å². The molecule has 128 valence electrons. The lowest BCUT2D eigenvalue weighted by Gasteiger charge is -2.15. The molecule has 0 aliphatic heterocycles. The number of aromatic nitrogens is 4. The highest BCUT2D eigenvalue weighted by atomic mass is 19.4. The number of carbonyl (C=O) groups is 1. The Morgan fingerprint density at radius 2 is 1.92 bits per heavy atom. The second kappa shape index (κ2) is 5.54. The third-order valence-corrected chi connectivity index (χ3v) is 3.94. The number of hydrogen-bond acceptors (Lipinski definition) is 5. The Morgan fingerprint density at radius 3 is 2.72 bits per heavy atom. The molecule has 9 heteroatoms. The van der Waals surface area contributed by atoms with Crippen LogP contribution >= 0.6 is 0 Å². The monoisotopic (exact) mass is 348 g/mol. The molecule has 1 aromatic carbocycles. The lowest BCUT2D eigenvalue weighted by Crippen LogP contribution is -2.12. The number of ether oxygens (including phenoxy) is 1. The van der Waals surface area contributed by atoms with E-state index in [1.165, 1.54) is 12.1 Å². The van der Waals surface area contributed by atoms with Crippen LogP contribution in [0.3, 0.4) is 0 Å². The van der Waals surface area contributed by atoms with E-state index in [1.807, 2.05) is 0 Å². The summed E-state index contributed by atoms with van der Waals surface area (Å²) in [5.41, 5.74) is 1.51. The Morgan fingerprint density at radius 1 is 1.08 bits per heavy atom. The van der Waals surface area contributed by atoms with Crippen molar-refractivity contribution in [2.45, 2.75) is 25.4 Å². The molecule has 0 N–H and O–H groups in total. The molecular formula is C16H11F3N4O2. The molecule has 2 heterocycles. The number of fused-ring (bicyclic) bond motifs is 2. The smallest absolute Gasteiger partial charge is 0.438 e. The van der Waals surface area contributed by atoms with Crippen LogP contribution in [-0.4, -0.2) is 25.6 Å². The zero-order valence-corrected chi connectivity index (χ0v) is 12.7. The summed E-state index contributed by atoms with van der Waals surface area (Å²) in [4.78, 5) is 11.8. The molecule has 1 aliphatic carbocycles.